The van der Waals surface area contributed by atoms with Gasteiger partial charge in [-0.25, -0.2) is 4.79 Å². The van der Waals surface area contributed by atoms with Crippen molar-refractivity contribution in [1.82, 2.24) is 19.7 Å². The quantitative estimate of drug-likeness (QED) is 0.805. The van der Waals surface area contributed by atoms with E-state index >= 15 is 0 Å². The van der Waals surface area contributed by atoms with Crippen molar-refractivity contribution in [2.45, 2.75) is 5.16 Å². The van der Waals surface area contributed by atoms with E-state index in [1.165, 1.54) is 14.2 Å². The number of nitrogens with zero attached hydrogens (tertiary/aromatic N) is 3. The molecule has 1 aromatic heterocycles. The van der Waals surface area contributed by atoms with Crippen molar-refractivity contribution < 1.29 is 14.3 Å². The molecule has 116 valence electrons. The summed E-state index contributed by atoms with van der Waals surface area (Å²) in [6, 6.07) is 6.58. The van der Waals surface area contributed by atoms with Crippen LogP contribution in [0.4, 0.5) is 10.5 Å². The molecule has 0 saturated heterocycles. The minimum Gasteiger partial charge on any atom is -0.467 e. The maximum absolute atomic E-state index is 11.8. The molecule has 0 spiro atoms. The zero-order valence-corrected chi connectivity index (χ0v) is 13.2. The number of anilines is 1. The van der Waals surface area contributed by atoms with Crippen molar-refractivity contribution in [2.75, 3.05) is 19.5 Å². The van der Waals surface area contributed by atoms with E-state index in [1.54, 1.807) is 24.3 Å². The number of hydrogen-bond acceptors (Lipinski definition) is 7. The molecule has 2 N–H and O–H groups in total. The van der Waals surface area contributed by atoms with Crippen molar-refractivity contribution >= 4 is 35.3 Å². The molecule has 0 saturated carbocycles. The largest absolute Gasteiger partial charge is 0.467 e. The third-order valence-corrected chi connectivity index (χ3v) is 3.28. The zero-order chi connectivity index (χ0) is 15.9. The lowest BCUT2D eigenvalue weighted by atomic mass is 10.3. The maximum atomic E-state index is 11.8. The van der Waals surface area contributed by atoms with Crippen LogP contribution in [0.5, 0.6) is 12.0 Å². The Labute approximate surface area is 135 Å². The number of halogens is 1. The molecular weight excluding hydrogens is 330 g/mol. The molecule has 22 heavy (non-hydrogen) atoms. The molecule has 1 heterocycles. The highest BCUT2D eigenvalue weighted by atomic mass is 35.5. The molecule has 0 fully saturated rings. The number of aromatic nitrogens is 3. The summed E-state index contributed by atoms with van der Waals surface area (Å²) in [5.41, 5.74) is 0.494. The van der Waals surface area contributed by atoms with Gasteiger partial charge in [0.15, 0.2) is 0 Å². The molecule has 2 aromatic rings. The number of nitrogens with one attached hydrogen (secondary N) is 2. The number of ether oxygens (including phenoxy) is 2. The van der Waals surface area contributed by atoms with Crippen LogP contribution < -0.4 is 19.5 Å². The van der Waals surface area contributed by atoms with Crippen LogP contribution in [0.3, 0.4) is 0 Å². The summed E-state index contributed by atoms with van der Waals surface area (Å²) in [5, 5.41) is 3.26. The van der Waals surface area contributed by atoms with E-state index in [2.05, 4.69) is 25.0 Å². The molecule has 10 heteroatoms. The van der Waals surface area contributed by atoms with Gasteiger partial charge in [-0.05, 0) is 12.1 Å². The minimum atomic E-state index is -0.476. The summed E-state index contributed by atoms with van der Waals surface area (Å²) in [4.78, 5) is 23.6. The number of para-hydroxylation sites is 1. The fourth-order valence-corrected chi connectivity index (χ4v) is 2.02. The van der Waals surface area contributed by atoms with Crippen LogP contribution in [0, 0.1) is 0 Å². The van der Waals surface area contributed by atoms with Gasteiger partial charge in [-0.2, -0.15) is 9.97 Å². The second-order valence-corrected chi connectivity index (χ2v) is 4.91. The summed E-state index contributed by atoms with van der Waals surface area (Å²) in [5.74, 6) is 0. The fourth-order valence-electron chi connectivity index (χ4n) is 1.35. The van der Waals surface area contributed by atoms with E-state index in [0.29, 0.717) is 10.7 Å². The van der Waals surface area contributed by atoms with Crippen molar-refractivity contribution in [3.63, 3.8) is 0 Å². The van der Waals surface area contributed by atoms with Gasteiger partial charge in [0.2, 0.25) is 5.16 Å². The van der Waals surface area contributed by atoms with Gasteiger partial charge in [0.25, 0.3) is 0 Å². The average molecular weight is 342 g/mol. The molecular formula is C12H12ClN5O3S. The fraction of sp³-hybridized carbons (Fsp3) is 0.167. The Morgan fingerprint density at radius 1 is 1.14 bits per heavy atom. The summed E-state index contributed by atoms with van der Waals surface area (Å²) in [7, 11) is 2.83. The Morgan fingerprint density at radius 2 is 1.77 bits per heavy atom. The van der Waals surface area contributed by atoms with Crippen LogP contribution in [-0.2, 0) is 0 Å². The highest BCUT2D eigenvalue weighted by molar-refractivity contribution is 7.97. The van der Waals surface area contributed by atoms with Crippen LogP contribution in [-0.4, -0.2) is 35.2 Å². The lowest BCUT2D eigenvalue weighted by molar-refractivity contribution is 0.257. The highest BCUT2D eigenvalue weighted by Crippen LogP contribution is 2.21. The molecule has 1 aromatic carbocycles. The monoisotopic (exact) mass is 341 g/mol. The molecule has 0 aliphatic carbocycles. The Bertz CT molecular complexity index is 651. The van der Waals surface area contributed by atoms with E-state index in [0.717, 1.165) is 11.9 Å². The number of hydrogen-bond donors (Lipinski definition) is 2. The summed E-state index contributed by atoms with van der Waals surface area (Å²) < 4.78 is 12.3. The van der Waals surface area contributed by atoms with Crippen molar-refractivity contribution in [3.8, 4) is 12.0 Å². The van der Waals surface area contributed by atoms with E-state index in [-0.39, 0.29) is 17.2 Å². The smallest absolute Gasteiger partial charge is 0.329 e. The second-order valence-electron chi connectivity index (χ2n) is 3.73. The van der Waals surface area contributed by atoms with Crippen LogP contribution in [0.2, 0.25) is 5.02 Å². The van der Waals surface area contributed by atoms with Gasteiger partial charge in [0.05, 0.1) is 24.9 Å². The molecule has 0 aliphatic rings. The van der Waals surface area contributed by atoms with Crippen molar-refractivity contribution in [3.05, 3.63) is 29.3 Å². The van der Waals surface area contributed by atoms with E-state index < -0.39 is 6.03 Å². The summed E-state index contributed by atoms with van der Waals surface area (Å²) in [6.45, 7) is 0. The normalized spacial score (nSPS) is 9.95. The summed E-state index contributed by atoms with van der Waals surface area (Å²) in [6.07, 6.45) is 0. The highest BCUT2D eigenvalue weighted by Gasteiger charge is 2.10. The number of urea groups is 1. The van der Waals surface area contributed by atoms with Gasteiger partial charge >= 0.3 is 18.1 Å². The van der Waals surface area contributed by atoms with E-state index in [4.69, 9.17) is 21.1 Å². The SMILES string of the molecule is COc1nc(OC)nc(SNC(=O)Nc2ccccc2Cl)n1. The third-order valence-electron chi connectivity index (χ3n) is 2.30. The number of methoxy groups -OCH3 is 2. The van der Waals surface area contributed by atoms with E-state index in [1.807, 2.05) is 0 Å². The molecule has 0 unspecified atom stereocenters. The first-order valence-electron chi connectivity index (χ1n) is 5.95. The van der Waals surface area contributed by atoms with Gasteiger partial charge in [0.1, 0.15) is 0 Å². The molecule has 0 bridgehead atoms. The minimum absolute atomic E-state index is 0.0858. The topological polar surface area (TPSA) is 98.3 Å². The lowest BCUT2D eigenvalue weighted by Gasteiger charge is -2.08. The first-order chi connectivity index (χ1) is 10.6. The number of amides is 2. The Kier molecular flexibility index (Phi) is 5.61. The predicted octanol–water partition coefficient (Wildman–Crippen LogP) is 2.37. The first-order valence-corrected chi connectivity index (χ1v) is 7.14. The first kappa shape index (κ1) is 16.1. The molecule has 0 atom stereocenters. The van der Waals surface area contributed by atoms with Gasteiger partial charge in [-0.1, -0.05) is 23.7 Å². The van der Waals surface area contributed by atoms with Crippen LogP contribution in [0.15, 0.2) is 29.4 Å². The molecule has 8 nitrogen and oxygen atoms in total. The Hall–Kier alpha value is -2.26. The van der Waals surface area contributed by atoms with Gasteiger partial charge in [-0.15, -0.1) is 4.98 Å². The lowest BCUT2D eigenvalue weighted by Crippen LogP contribution is -2.23. The Morgan fingerprint density at radius 3 is 2.36 bits per heavy atom. The van der Waals surface area contributed by atoms with Crippen LogP contribution in [0.25, 0.3) is 0 Å². The number of benzene rings is 1. The molecule has 2 amide bonds. The van der Waals surface area contributed by atoms with Gasteiger partial charge < -0.3 is 14.8 Å². The van der Waals surface area contributed by atoms with Crippen LogP contribution in [0.1, 0.15) is 0 Å². The standard InChI is InChI=1S/C12H12ClN5O3S/c1-20-10-15-11(21-2)17-12(16-10)22-18-9(19)14-8-6-4-3-5-7(8)13/h3-6H,1-2H3,(H2,14,18,19). The molecule has 0 aliphatic heterocycles. The van der Waals surface area contributed by atoms with Crippen molar-refractivity contribution in [1.29, 1.82) is 0 Å². The number of carbonyl (C=O) groups is 1. The van der Waals surface area contributed by atoms with Crippen molar-refractivity contribution in [2.24, 2.45) is 0 Å². The molecule has 2 rings (SSSR count). The second kappa shape index (κ2) is 7.66. The third kappa shape index (κ3) is 4.37. The average Bonchev–Trinajstić information content (AvgIpc) is 2.54. The number of rotatable bonds is 5. The maximum Gasteiger partial charge on any atom is 0.329 e. The molecule has 0 radical (unpaired) electrons. The van der Waals surface area contributed by atoms with E-state index in [9.17, 15) is 4.79 Å². The Balaban J connectivity index is 1.98. The van der Waals surface area contributed by atoms with Gasteiger partial charge in [-0.3, -0.25) is 4.72 Å². The van der Waals surface area contributed by atoms with Gasteiger partial charge in [0, 0.05) is 11.9 Å². The zero-order valence-electron chi connectivity index (χ0n) is 11.7. The predicted molar refractivity (Wildman–Crippen MR) is 82.4 cm³/mol. The summed E-state index contributed by atoms with van der Waals surface area (Å²) >= 11 is 6.83. The van der Waals surface area contributed by atoms with Crippen LogP contribution >= 0.6 is 23.5 Å². The number of carbonyl (C=O) groups excluding carboxylic acids is 1.